The molecule has 1 aromatic rings. The fraction of sp³-hybridized carbons (Fsp3) is 0.273. The Hall–Kier alpha value is -0.350. The van der Waals surface area contributed by atoms with E-state index in [1.165, 1.54) is 5.57 Å². The first kappa shape index (κ1) is 12.7. The smallest absolute Gasteiger partial charge is 0.0658 e. The molecule has 1 rings (SSSR count). The van der Waals surface area contributed by atoms with Crippen molar-refractivity contribution in [2.45, 2.75) is 19.9 Å². The highest BCUT2D eigenvalue weighted by Crippen LogP contribution is 2.27. The van der Waals surface area contributed by atoms with Gasteiger partial charge in [0, 0.05) is 9.50 Å². The van der Waals surface area contributed by atoms with Crippen molar-refractivity contribution < 1.29 is 0 Å². The van der Waals surface area contributed by atoms with Gasteiger partial charge in [0.15, 0.2) is 0 Å². The lowest BCUT2D eigenvalue weighted by molar-refractivity contribution is 0.652. The van der Waals surface area contributed by atoms with E-state index in [-0.39, 0.29) is 6.04 Å². The second-order valence-corrected chi connectivity index (χ2v) is 4.88. The highest BCUT2D eigenvalue weighted by molar-refractivity contribution is 9.10. The van der Waals surface area contributed by atoms with Gasteiger partial charge in [-0.3, -0.25) is 5.84 Å². The van der Waals surface area contributed by atoms with Crippen LogP contribution < -0.4 is 11.3 Å². The summed E-state index contributed by atoms with van der Waals surface area (Å²) >= 11 is 9.52. The van der Waals surface area contributed by atoms with Crippen LogP contribution in [-0.4, -0.2) is 0 Å². The molecule has 2 nitrogen and oxygen atoms in total. The largest absolute Gasteiger partial charge is 0.271 e. The topological polar surface area (TPSA) is 38.0 Å². The fourth-order valence-corrected chi connectivity index (χ4v) is 1.93. The van der Waals surface area contributed by atoms with Crippen molar-refractivity contribution in [2.75, 3.05) is 0 Å². The standard InChI is InChI=1S/C11H14BrClN2/c1-7(2)5-11(15-14)9-6-8(12)3-4-10(9)13/h3-6,11,15H,14H2,1-2H3. The molecule has 3 N–H and O–H groups in total. The van der Waals surface area contributed by atoms with Crippen LogP contribution in [0.1, 0.15) is 25.5 Å². The van der Waals surface area contributed by atoms with Crippen molar-refractivity contribution in [3.8, 4) is 0 Å². The minimum Gasteiger partial charge on any atom is -0.271 e. The van der Waals surface area contributed by atoms with Crippen LogP contribution in [0.4, 0.5) is 0 Å². The summed E-state index contributed by atoms with van der Waals surface area (Å²) in [4.78, 5) is 0. The van der Waals surface area contributed by atoms with Crippen LogP contribution >= 0.6 is 27.5 Å². The number of halogens is 2. The third kappa shape index (κ3) is 3.61. The van der Waals surface area contributed by atoms with Gasteiger partial charge >= 0.3 is 0 Å². The quantitative estimate of drug-likeness (QED) is 0.507. The molecular weight excluding hydrogens is 275 g/mol. The van der Waals surface area contributed by atoms with E-state index in [0.29, 0.717) is 5.02 Å². The number of hydrazine groups is 1. The summed E-state index contributed by atoms with van der Waals surface area (Å²) in [5, 5.41) is 0.707. The van der Waals surface area contributed by atoms with Crippen LogP contribution in [0, 0.1) is 0 Å². The van der Waals surface area contributed by atoms with Crippen molar-refractivity contribution in [3.63, 3.8) is 0 Å². The maximum atomic E-state index is 6.11. The summed E-state index contributed by atoms with van der Waals surface area (Å²) < 4.78 is 0.990. The molecule has 0 saturated carbocycles. The Labute approximate surface area is 104 Å². The molecule has 4 heteroatoms. The molecule has 1 unspecified atom stereocenters. The molecule has 1 atom stereocenters. The van der Waals surface area contributed by atoms with Crippen LogP contribution in [0.15, 0.2) is 34.3 Å². The maximum Gasteiger partial charge on any atom is 0.0658 e. The molecule has 0 spiro atoms. The van der Waals surface area contributed by atoms with Crippen molar-refractivity contribution >= 4 is 27.5 Å². The second kappa shape index (κ2) is 5.66. The lowest BCUT2D eigenvalue weighted by Crippen LogP contribution is -2.27. The highest BCUT2D eigenvalue weighted by Gasteiger charge is 2.10. The van der Waals surface area contributed by atoms with Crippen molar-refractivity contribution in [2.24, 2.45) is 5.84 Å². The first-order chi connectivity index (χ1) is 7.04. The van der Waals surface area contributed by atoms with Gasteiger partial charge in [0.25, 0.3) is 0 Å². The summed E-state index contributed by atoms with van der Waals surface area (Å²) in [5.74, 6) is 5.50. The molecule has 0 heterocycles. The molecule has 0 fully saturated rings. The van der Waals surface area contributed by atoms with Gasteiger partial charge in [-0.05, 0) is 37.6 Å². The molecule has 0 aliphatic heterocycles. The summed E-state index contributed by atoms with van der Waals surface area (Å²) in [6, 6.07) is 5.67. The predicted molar refractivity (Wildman–Crippen MR) is 68.6 cm³/mol. The van der Waals surface area contributed by atoms with Gasteiger partial charge < -0.3 is 0 Å². The van der Waals surface area contributed by atoms with Crippen molar-refractivity contribution in [3.05, 3.63) is 44.9 Å². The summed E-state index contributed by atoms with van der Waals surface area (Å²) in [6.45, 7) is 4.05. The first-order valence-electron chi connectivity index (χ1n) is 4.60. The van der Waals surface area contributed by atoms with E-state index in [9.17, 15) is 0 Å². The predicted octanol–water partition coefficient (Wildman–Crippen LogP) is 3.57. The molecule has 0 amide bonds. The third-order valence-corrected chi connectivity index (χ3v) is 2.81. The second-order valence-electron chi connectivity index (χ2n) is 3.55. The molecular formula is C11H14BrClN2. The Morgan fingerprint density at radius 1 is 1.53 bits per heavy atom. The Balaban J connectivity index is 3.11. The Morgan fingerprint density at radius 3 is 2.73 bits per heavy atom. The first-order valence-corrected chi connectivity index (χ1v) is 5.77. The number of rotatable bonds is 3. The molecule has 0 aliphatic carbocycles. The minimum atomic E-state index is -0.0556. The van der Waals surface area contributed by atoms with Crippen LogP contribution in [0.2, 0.25) is 5.02 Å². The number of hydrogen-bond acceptors (Lipinski definition) is 2. The summed E-state index contributed by atoms with van der Waals surface area (Å²) in [7, 11) is 0. The average Bonchev–Trinajstić information content (AvgIpc) is 2.18. The van der Waals surface area contributed by atoms with Crippen LogP contribution in [-0.2, 0) is 0 Å². The van der Waals surface area contributed by atoms with Crippen LogP contribution in [0.3, 0.4) is 0 Å². The lowest BCUT2D eigenvalue weighted by Gasteiger charge is -2.14. The zero-order chi connectivity index (χ0) is 11.4. The maximum absolute atomic E-state index is 6.11. The average molecular weight is 290 g/mol. The number of hydrogen-bond donors (Lipinski definition) is 2. The van der Waals surface area contributed by atoms with Crippen molar-refractivity contribution in [1.29, 1.82) is 0 Å². The van der Waals surface area contributed by atoms with E-state index in [2.05, 4.69) is 21.4 Å². The SMILES string of the molecule is CC(C)=CC(NN)c1cc(Br)ccc1Cl. The molecule has 0 aliphatic rings. The van der Waals surface area contributed by atoms with E-state index < -0.39 is 0 Å². The van der Waals surface area contributed by atoms with Crippen molar-refractivity contribution in [1.82, 2.24) is 5.43 Å². The number of nitrogens with two attached hydrogens (primary N) is 1. The van der Waals surface area contributed by atoms with E-state index in [1.54, 1.807) is 0 Å². The van der Waals surface area contributed by atoms with Crippen LogP contribution in [0.5, 0.6) is 0 Å². The van der Waals surface area contributed by atoms with Gasteiger partial charge in [-0.15, -0.1) is 0 Å². The van der Waals surface area contributed by atoms with E-state index >= 15 is 0 Å². The summed E-state index contributed by atoms with van der Waals surface area (Å²) in [6.07, 6.45) is 2.04. The highest BCUT2D eigenvalue weighted by atomic mass is 79.9. The number of nitrogens with one attached hydrogen (secondary N) is 1. The minimum absolute atomic E-state index is 0.0556. The lowest BCUT2D eigenvalue weighted by atomic mass is 10.1. The van der Waals surface area contributed by atoms with Crippen LogP contribution in [0.25, 0.3) is 0 Å². The van der Waals surface area contributed by atoms with E-state index in [1.807, 2.05) is 38.1 Å². The molecule has 0 bridgehead atoms. The van der Waals surface area contributed by atoms with Gasteiger partial charge in [-0.25, -0.2) is 5.43 Å². The zero-order valence-corrected chi connectivity index (χ0v) is 11.1. The van der Waals surface area contributed by atoms with Gasteiger partial charge in [0.1, 0.15) is 0 Å². The Morgan fingerprint density at radius 2 is 2.20 bits per heavy atom. The normalized spacial score (nSPS) is 12.3. The van der Waals surface area contributed by atoms with Gasteiger partial charge in [-0.2, -0.15) is 0 Å². The Bertz CT molecular complexity index is 373. The molecule has 1 aromatic carbocycles. The number of benzene rings is 1. The fourth-order valence-electron chi connectivity index (χ4n) is 1.31. The third-order valence-electron chi connectivity index (χ3n) is 1.97. The van der Waals surface area contributed by atoms with Gasteiger partial charge in [-0.1, -0.05) is 39.2 Å². The molecule has 0 aromatic heterocycles. The monoisotopic (exact) mass is 288 g/mol. The van der Waals surface area contributed by atoms with Gasteiger partial charge in [0.05, 0.1) is 6.04 Å². The number of allylic oxidation sites excluding steroid dienone is 1. The summed E-state index contributed by atoms with van der Waals surface area (Å²) in [5.41, 5.74) is 4.89. The molecule has 0 radical (unpaired) electrons. The van der Waals surface area contributed by atoms with E-state index in [4.69, 9.17) is 17.4 Å². The van der Waals surface area contributed by atoms with Gasteiger partial charge in [0.2, 0.25) is 0 Å². The Kier molecular flexibility index (Phi) is 4.80. The van der Waals surface area contributed by atoms with E-state index in [0.717, 1.165) is 10.0 Å². The molecule has 82 valence electrons. The molecule has 15 heavy (non-hydrogen) atoms. The zero-order valence-electron chi connectivity index (χ0n) is 8.72. The molecule has 0 saturated heterocycles.